The average Bonchev–Trinajstić information content (AvgIpc) is 2.98. The van der Waals surface area contributed by atoms with Crippen molar-refractivity contribution in [2.45, 2.75) is 57.7 Å². The number of alkyl halides is 6. The van der Waals surface area contributed by atoms with Gasteiger partial charge in [0.2, 0.25) is 17.7 Å². The van der Waals surface area contributed by atoms with Gasteiger partial charge in [0.25, 0.3) is 11.4 Å². The van der Waals surface area contributed by atoms with Crippen molar-refractivity contribution >= 4 is 31.3 Å². The number of hydrogen-bond acceptors (Lipinski definition) is 10. The molecule has 0 aliphatic carbocycles. The second kappa shape index (κ2) is 14.4. The number of anilines is 3. The summed E-state index contributed by atoms with van der Waals surface area (Å²) in [5.74, 6) is -2.28. The van der Waals surface area contributed by atoms with Crippen LogP contribution in [0.15, 0.2) is 35.6 Å². The van der Waals surface area contributed by atoms with E-state index in [1.807, 2.05) is 0 Å². The van der Waals surface area contributed by atoms with Gasteiger partial charge in [-0.1, -0.05) is 19.6 Å². The monoisotopic (exact) mass is 706 g/mol. The molecule has 1 N–H and O–H groups in total. The number of carbonyl (C=O) groups excluding carboxylic acids is 1. The number of piperazine rings is 1. The maximum absolute atomic E-state index is 15.4. The molecule has 4 rings (SSSR count). The van der Waals surface area contributed by atoms with E-state index in [0.29, 0.717) is 17.1 Å². The minimum Gasteiger partial charge on any atom is -0.473 e. The molecule has 3 aromatic rings. The number of aromatic nitrogens is 5. The van der Waals surface area contributed by atoms with Gasteiger partial charge in [0.1, 0.15) is 25.4 Å². The number of nitrogens with one attached hydrogen (secondary N) is 1. The minimum atomic E-state index is -5.03. The Morgan fingerprint density at radius 2 is 1.69 bits per heavy atom. The molecule has 1 amide bonds. The fourth-order valence-electron chi connectivity index (χ4n) is 4.46. The largest absolute Gasteiger partial charge is 0.473 e. The molecule has 0 spiro atoms. The Morgan fingerprint density at radius 1 is 1.00 bits per heavy atom. The van der Waals surface area contributed by atoms with Crippen LogP contribution in [-0.2, 0) is 28.6 Å². The van der Waals surface area contributed by atoms with Crippen LogP contribution in [0.4, 0.5) is 48.1 Å². The summed E-state index contributed by atoms with van der Waals surface area (Å²) in [5, 5.41) is 6.33. The SMILES string of the molecule is C[C@@H](COc1nccc(N2CCN(c3ncc(C(F)(F)F)cn3)CC2=O)c1F)Nc1cnn(COCC[Si](C)(C)C)c(=O)c1C(F)(F)F. The van der Waals surface area contributed by atoms with Crippen molar-refractivity contribution < 1.29 is 45.0 Å². The predicted molar refractivity (Wildman–Crippen MR) is 162 cm³/mol. The van der Waals surface area contributed by atoms with Gasteiger partial charge in [0, 0.05) is 46.4 Å². The fourth-order valence-corrected chi connectivity index (χ4v) is 5.21. The molecule has 0 unspecified atom stereocenters. The van der Waals surface area contributed by atoms with Gasteiger partial charge in [-0.3, -0.25) is 9.59 Å². The minimum absolute atomic E-state index is 0.0644. The van der Waals surface area contributed by atoms with Crippen molar-refractivity contribution in [1.29, 1.82) is 0 Å². The number of hydrogen-bond donors (Lipinski definition) is 1. The van der Waals surface area contributed by atoms with Crippen LogP contribution < -0.4 is 25.4 Å². The maximum atomic E-state index is 15.4. The van der Waals surface area contributed by atoms with Gasteiger partial charge in [0.15, 0.2) is 0 Å². The third kappa shape index (κ3) is 9.17. The highest BCUT2D eigenvalue weighted by molar-refractivity contribution is 6.76. The lowest BCUT2D eigenvalue weighted by atomic mass is 10.2. The van der Waals surface area contributed by atoms with Gasteiger partial charge >= 0.3 is 12.4 Å². The molecule has 0 aromatic carbocycles. The zero-order valence-electron chi connectivity index (χ0n) is 26.3. The van der Waals surface area contributed by atoms with E-state index < -0.39 is 79.8 Å². The third-order valence-electron chi connectivity index (χ3n) is 7.01. The first-order valence-corrected chi connectivity index (χ1v) is 18.3. The molecule has 1 saturated heterocycles. The molecule has 20 heteroatoms. The van der Waals surface area contributed by atoms with Crippen molar-refractivity contribution in [3.63, 3.8) is 0 Å². The maximum Gasteiger partial charge on any atom is 0.423 e. The molecule has 48 heavy (non-hydrogen) atoms. The highest BCUT2D eigenvalue weighted by atomic mass is 28.3. The van der Waals surface area contributed by atoms with Gasteiger partial charge in [0.05, 0.1) is 29.2 Å². The third-order valence-corrected chi connectivity index (χ3v) is 8.71. The van der Waals surface area contributed by atoms with Gasteiger partial charge < -0.3 is 24.6 Å². The lowest BCUT2D eigenvalue weighted by molar-refractivity contribution is -0.139. The van der Waals surface area contributed by atoms with E-state index >= 15 is 4.39 Å². The Labute approximate surface area is 270 Å². The lowest BCUT2D eigenvalue weighted by Crippen LogP contribution is -2.51. The van der Waals surface area contributed by atoms with Crippen LogP contribution in [0, 0.1) is 5.82 Å². The van der Waals surface area contributed by atoms with Crippen molar-refractivity contribution in [3.8, 4) is 5.88 Å². The molecule has 0 saturated carbocycles. The Balaban J connectivity index is 1.39. The summed E-state index contributed by atoms with van der Waals surface area (Å²) in [6.45, 7) is 6.78. The van der Waals surface area contributed by atoms with E-state index in [9.17, 15) is 35.9 Å². The Kier molecular flexibility index (Phi) is 11.0. The number of carbonyl (C=O) groups is 1. The van der Waals surface area contributed by atoms with E-state index in [2.05, 4.69) is 45.0 Å². The molecule has 1 aliphatic heterocycles. The summed E-state index contributed by atoms with van der Waals surface area (Å²) >= 11 is 0. The summed E-state index contributed by atoms with van der Waals surface area (Å²) in [7, 11) is -1.46. The highest BCUT2D eigenvalue weighted by Gasteiger charge is 2.39. The fraction of sp³-hybridized carbons (Fsp3) is 0.500. The molecular formula is C28H33F7N8O4Si. The van der Waals surface area contributed by atoms with Crippen LogP contribution >= 0.6 is 0 Å². The van der Waals surface area contributed by atoms with Crippen LogP contribution in [0.1, 0.15) is 18.1 Å². The van der Waals surface area contributed by atoms with Gasteiger partial charge in [-0.15, -0.1) is 0 Å². The van der Waals surface area contributed by atoms with Crippen molar-refractivity contribution in [2.24, 2.45) is 0 Å². The quantitative estimate of drug-likeness (QED) is 0.162. The second-order valence-electron chi connectivity index (χ2n) is 12.1. The topological polar surface area (TPSA) is 128 Å². The normalized spacial score (nSPS) is 15.1. The number of ether oxygens (including phenoxy) is 2. The number of halogens is 7. The van der Waals surface area contributed by atoms with E-state index in [4.69, 9.17) is 9.47 Å². The molecule has 0 bridgehead atoms. The molecule has 1 aliphatic rings. The Morgan fingerprint density at radius 3 is 2.29 bits per heavy atom. The molecule has 262 valence electrons. The van der Waals surface area contributed by atoms with Gasteiger partial charge in [-0.05, 0) is 19.0 Å². The number of pyridine rings is 1. The van der Waals surface area contributed by atoms with Crippen LogP contribution in [0.2, 0.25) is 25.7 Å². The highest BCUT2D eigenvalue weighted by Crippen LogP contribution is 2.33. The Bertz CT molecular complexity index is 1650. The number of rotatable bonds is 12. The van der Waals surface area contributed by atoms with E-state index in [0.717, 1.165) is 17.1 Å². The lowest BCUT2D eigenvalue weighted by Gasteiger charge is -2.34. The summed E-state index contributed by atoms with van der Waals surface area (Å²) in [6, 6.07) is 1.06. The van der Waals surface area contributed by atoms with Gasteiger partial charge in [-0.25, -0.2) is 19.6 Å². The molecule has 3 aromatic heterocycles. The van der Waals surface area contributed by atoms with Crippen molar-refractivity contribution in [1.82, 2.24) is 24.7 Å². The molecule has 0 radical (unpaired) electrons. The van der Waals surface area contributed by atoms with Crippen LogP contribution in [-0.4, -0.2) is 77.6 Å². The van der Waals surface area contributed by atoms with Crippen molar-refractivity contribution in [2.75, 3.05) is 48.0 Å². The first-order valence-electron chi connectivity index (χ1n) is 14.6. The predicted octanol–water partition coefficient (Wildman–Crippen LogP) is 4.65. The van der Waals surface area contributed by atoms with E-state index in [-0.39, 0.29) is 37.9 Å². The molecular weight excluding hydrogens is 673 g/mol. The number of nitrogens with zero attached hydrogens (tertiary/aromatic N) is 7. The van der Waals surface area contributed by atoms with E-state index in [1.165, 1.54) is 24.1 Å². The van der Waals surface area contributed by atoms with E-state index in [1.54, 1.807) is 0 Å². The molecule has 1 fully saturated rings. The summed E-state index contributed by atoms with van der Waals surface area (Å²) in [4.78, 5) is 39.2. The van der Waals surface area contributed by atoms with Crippen LogP contribution in [0.25, 0.3) is 0 Å². The zero-order chi connectivity index (χ0) is 35.4. The average molecular weight is 707 g/mol. The van der Waals surface area contributed by atoms with Crippen molar-refractivity contribution in [3.05, 3.63) is 58.2 Å². The number of amides is 1. The molecule has 12 nitrogen and oxygen atoms in total. The summed E-state index contributed by atoms with van der Waals surface area (Å²) in [5.41, 5.74) is -4.74. The van der Waals surface area contributed by atoms with Gasteiger partial charge in [-0.2, -0.15) is 35.8 Å². The smallest absolute Gasteiger partial charge is 0.423 e. The van der Waals surface area contributed by atoms with Crippen LogP contribution in [0.3, 0.4) is 0 Å². The summed E-state index contributed by atoms with van der Waals surface area (Å²) < 4.78 is 107. The standard InChI is InChI=1S/C28H33F7N8O4Si/c1-17(40-19-13-39-43(16-46-9-10-48(2,3)4)25(45)22(19)28(33,34)35)15-47-24-23(29)20(5-6-36-24)42-8-7-41(14-21(42)44)26-37-11-18(12-38-26)27(30,31)32/h5-6,11-13,17,40H,7-10,14-16H2,1-4H3/t17-/m0/s1. The summed E-state index contributed by atoms with van der Waals surface area (Å²) in [6.07, 6.45) is -6.44. The molecule has 1 atom stereocenters. The Hall–Kier alpha value is -4.33. The molecule has 4 heterocycles. The first-order chi connectivity index (χ1) is 22.3. The zero-order valence-corrected chi connectivity index (χ0v) is 27.3. The first kappa shape index (κ1) is 36.5. The van der Waals surface area contributed by atoms with Crippen LogP contribution in [0.5, 0.6) is 5.88 Å². The second-order valence-corrected chi connectivity index (χ2v) is 17.7.